The molecule has 0 radical (unpaired) electrons. The Morgan fingerprint density at radius 3 is 2.35 bits per heavy atom. The first-order chi connectivity index (χ1) is 12.1. The molecule has 6 nitrogen and oxygen atoms in total. The summed E-state index contributed by atoms with van der Waals surface area (Å²) in [5, 5.41) is 3.11. The molecule has 0 unspecified atom stereocenters. The minimum absolute atomic E-state index is 0.373. The first kappa shape index (κ1) is 20.1. The van der Waals surface area contributed by atoms with Crippen LogP contribution in [0.2, 0.25) is 5.02 Å². The van der Waals surface area contributed by atoms with Gasteiger partial charge in [-0.05, 0) is 55.8 Å². The molecule has 0 bridgehead atoms. The van der Waals surface area contributed by atoms with Gasteiger partial charge in [0.15, 0.2) is 0 Å². The highest BCUT2D eigenvalue weighted by atomic mass is 35.5. The van der Waals surface area contributed by atoms with Gasteiger partial charge in [-0.15, -0.1) is 0 Å². The molecule has 2 aromatic carbocycles. The molecule has 0 fully saturated rings. The van der Waals surface area contributed by atoms with E-state index in [1.807, 2.05) is 0 Å². The Morgan fingerprint density at radius 1 is 1.19 bits per heavy atom. The van der Waals surface area contributed by atoms with E-state index in [4.69, 9.17) is 16.3 Å². The first-order valence-corrected chi connectivity index (χ1v) is 10.1. The number of nitrogens with one attached hydrogen (secondary N) is 1. The van der Waals surface area contributed by atoms with E-state index in [9.17, 15) is 13.2 Å². The first-order valence-electron chi connectivity index (χ1n) is 7.84. The number of benzene rings is 2. The fourth-order valence-corrected chi connectivity index (χ4v) is 3.91. The average Bonchev–Trinajstić information content (AvgIpc) is 2.57. The molecular weight excluding hydrogens is 376 g/mol. The maximum absolute atomic E-state index is 12.6. The largest absolute Gasteiger partial charge is 0.497 e. The zero-order valence-electron chi connectivity index (χ0n) is 15.0. The van der Waals surface area contributed by atoms with E-state index in [0.29, 0.717) is 27.7 Å². The Morgan fingerprint density at radius 2 is 1.81 bits per heavy atom. The number of aryl methyl sites for hydroxylation is 1. The van der Waals surface area contributed by atoms with Crippen LogP contribution in [0.4, 0.5) is 11.4 Å². The summed E-state index contributed by atoms with van der Waals surface area (Å²) in [5.41, 5.74) is 1.61. The molecule has 140 valence electrons. The SMILES string of the molecule is COc1ccc(NC(=O)[C@H](C)N(c2cc(Cl)ccc2C)S(C)(=O)=O)cc1. The van der Waals surface area contributed by atoms with Crippen molar-refractivity contribution in [2.24, 2.45) is 0 Å². The number of carbonyl (C=O) groups is 1. The van der Waals surface area contributed by atoms with Gasteiger partial charge in [0, 0.05) is 10.7 Å². The van der Waals surface area contributed by atoms with Crippen LogP contribution in [0.3, 0.4) is 0 Å². The summed E-state index contributed by atoms with van der Waals surface area (Å²) in [5.74, 6) is 0.198. The fraction of sp³-hybridized carbons (Fsp3) is 0.278. The van der Waals surface area contributed by atoms with Gasteiger partial charge in [0.2, 0.25) is 15.9 Å². The zero-order chi connectivity index (χ0) is 19.5. The van der Waals surface area contributed by atoms with Crippen molar-refractivity contribution in [1.29, 1.82) is 0 Å². The number of halogens is 1. The van der Waals surface area contributed by atoms with Crippen molar-refractivity contribution in [1.82, 2.24) is 0 Å². The zero-order valence-corrected chi connectivity index (χ0v) is 16.6. The Kier molecular flexibility index (Phi) is 6.15. The molecule has 0 aromatic heterocycles. The predicted octanol–water partition coefficient (Wildman–Crippen LogP) is 3.45. The van der Waals surface area contributed by atoms with Gasteiger partial charge in [0.1, 0.15) is 11.8 Å². The summed E-state index contributed by atoms with van der Waals surface area (Å²) in [4.78, 5) is 12.6. The highest BCUT2D eigenvalue weighted by Crippen LogP contribution is 2.28. The van der Waals surface area contributed by atoms with Crippen LogP contribution in [0.5, 0.6) is 5.75 Å². The van der Waals surface area contributed by atoms with Crippen LogP contribution < -0.4 is 14.4 Å². The third-order valence-corrected chi connectivity index (χ3v) is 5.32. The molecule has 1 atom stereocenters. The van der Waals surface area contributed by atoms with Crippen LogP contribution in [0, 0.1) is 6.92 Å². The number of nitrogens with zero attached hydrogens (tertiary/aromatic N) is 1. The number of ether oxygens (including phenoxy) is 1. The molecule has 8 heteroatoms. The molecule has 1 amide bonds. The van der Waals surface area contributed by atoms with Gasteiger partial charge in [0.25, 0.3) is 0 Å². The van der Waals surface area contributed by atoms with Crippen LogP contribution >= 0.6 is 11.6 Å². The standard InChI is InChI=1S/C18H21ClN2O4S/c1-12-5-6-14(19)11-17(12)21(26(4,23)24)13(2)18(22)20-15-7-9-16(25-3)10-8-15/h5-11,13H,1-4H3,(H,20,22)/t13-/m0/s1. The Labute approximate surface area is 158 Å². The minimum atomic E-state index is -3.71. The van der Waals surface area contributed by atoms with Gasteiger partial charge in [-0.1, -0.05) is 17.7 Å². The monoisotopic (exact) mass is 396 g/mol. The maximum atomic E-state index is 12.6. The summed E-state index contributed by atoms with van der Waals surface area (Å²) in [6.45, 7) is 3.29. The van der Waals surface area contributed by atoms with Crippen LogP contribution in [0.1, 0.15) is 12.5 Å². The lowest BCUT2D eigenvalue weighted by molar-refractivity contribution is -0.116. The van der Waals surface area contributed by atoms with Gasteiger partial charge in [-0.3, -0.25) is 9.10 Å². The smallest absolute Gasteiger partial charge is 0.247 e. The van der Waals surface area contributed by atoms with Crippen molar-refractivity contribution in [2.45, 2.75) is 19.9 Å². The van der Waals surface area contributed by atoms with Gasteiger partial charge >= 0.3 is 0 Å². The number of rotatable bonds is 6. The highest BCUT2D eigenvalue weighted by molar-refractivity contribution is 7.92. The number of amides is 1. The van der Waals surface area contributed by atoms with Crippen molar-refractivity contribution in [3.8, 4) is 5.75 Å². The Balaban J connectivity index is 2.32. The molecule has 0 heterocycles. The molecule has 0 saturated heterocycles. The molecule has 0 saturated carbocycles. The van der Waals surface area contributed by atoms with Gasteiger partial charge in [-0.2, -0.15) is 0 Å². The second kappa shape index (κ2) is 7.97. The molecule has 2 rings (SSSR count). The molecular formula is C18H21ClN2O4S. The van der Waals surface area contributed by atoms with Gasteiger partial charge in [-0.25, -0.2) is 8.42 Å². The minimum Gasteiger partial charge on any atom is -0.497 e. The number of hydrogen-bond donors (Lipinski definition) is 1. The van der Waals surface area contributed by atoms with Crippen LogP contribution in [0.15, 0.2) is 42.5 Å². The van der Waals surface area contributed by atoms with Crippen LogP contribution in [-0.2, 0) is 14.8 Å². The van der Waals surface area contributed by atoms with Gasteiger partial charge in [0.05, 0.1) is 19.1 Å². The molecule has 2 aromatic rings. The molecule has 1 N–H and O–H groups in total. The molecule has 0 aliphatic rings. The third-order valence-electron chi connectivity index (χ3n) is 3.85. The summed E-state index contributed by atoms with van der Waals surface area (Å²) < 4.78 is 30.9. The second-order valence-corrected chi connectivity index (χ2v) is 8.18. The van der Waals surface area contributed by atoms with Crippen LogP contribution in [-0.4, -0.2) is 33.7 Å². The second-order valence-electron chi connectivity index (χ2n) is 5.88. The predicted molar refractivity (Wildman–Crippen MR) is 105 cm³/mol. The topological polar surface area (TPSA) is 75.7 Å². The highest BCUT2D eigenvalue weighted by Gasteiger charge is 2.30. The van der Waals surface area contributed by atoms with E-state index in [1.165, 1.54) is 13.0 Å². The van der Waals surface area contributed by atoms with E-state index < -0.39 is 22.0 Å². The molecule has 26 heavy (non-hydrogen) atoms. The lowest BCUT2D eigenvalue weighted by atomic mass is 10.1. The molecule has 0 spiro atoms. The van der Waals surface area contributed by atoms with Crippen molar-refractivity contribution in [3.05, 3.63) is 53.1 Å². The van der Waals surface area contributed by atoms with Gasteiger partial charge < -0.3 is 10.1 Å². The number of carbonyl (C=O) groups excluding carboxylic acids is 1. The van der Waals surface area contributed by atoms with E-state index in [0.717, 1.165) is 10.6 Å². The summed E-state index contributed by atoms with van der Waals surface area (Å²) in [6, 6.07) is 10.7. The molecule has 0 aliphatic heterocycles. The third kappa shape index (κ3) is 4.68. The Bertz CT molecular complexity index is 898. The summed E-state index contributed by atoms with van der Waals surface area (Å²) in [7, 11) is -2.16. The van der Waals surface area contributed by atoms with E-state index in [1.54, 1.807) is 50.4 Å². The summed E-state index contributed by atoms with van der Waals surface area (Å²) in [6.07, 6.45) is 1.06. The number of anilines is 2. The van der Waals surface area contributed by atoms with E-state index in [-0.39, 0.29) is 0 Å². The fourth-order valence-electron chi connectivity index (χ4n) is 2.52. The number of hydrogen-bond acceptors (Lipinski definition) is 4. The summed E-state index contributed by atoms with van der Waals surface area (Å²) >= 11 is 6.02. The maximum Gasteiger partial charge on any atom is 0.247 e. The van der Waals surface area contributed by atoms with Crippen molar-refractivity contribution < 1.29 is 17.9 Å². The van der Waals surface area contributed by atoms with Crippen molar-refractivity contribution in [3.63, 3.8) is 0 Å². The lowest BCUT2D eigenvalue weighted by Gasteiger charge is -2.29. The van der Waals surface area contributed by atoms with E-state index >= 15 is 0 Å². The lowest BCUT2D eigenvalue weighted by Crippen LogP contribution is -2.45. The number of sulfonamides is 1. The Hall–Kier alpha value is -2.25. The normalized spacial score (nSPS) is 12.3. The van der Waals surface area contributed by atoms with Crippen molar-refractivity contribution >= 4 is 38.9 Å². The van der Waals surface area contributed by atoms with Crippen molar-refractivity contribution in [2.75, 3.05) is 23.0 Å². The molecule has 0 aliphatic carbocycles. The average molecular weight is 397 g/mol. The van der Waals surface area contributed by atoms with Crippen LogP contribution in [0.25, 0.3) is 0 Å². The van der Waals surface area contributed by atoms with E-state index in [2.05, 4.69) is 5.32 Å². The quantitative estimate of drug-likeness (QED) is 0.811. The number of methoxy groups -OCH3 is 1.